The van der Waals surface area contributed by atoms with Crippen LogP contribution in [-0.2, 0) is 16.4 Å². The lowest BCUT2D eigenvalue weighted by atomic mass is 9.97. The van der Waals surface area contributed by atoms with Crippen molar-refractivity contribution in [3.8, 4) is 0 Å². The number of anilines is 2. The van der Waals surface area contributed by atoms with Gasteiger partial charge in [0.15, 0.2) is 5.03 Å². The standard InChI is InChI=1S/C23H31N5O3S/c1-15-13-23(2,3)28(14-15)21-18(12-11-17(25-21)10-9-16-7-8-16)22(29)27-32(30,31)20-6-4-5-19(24)26-20/h4-6,11-12,15-16H,7-10,13-14H2,1-3H3,(H2,24,26)(H,27,29)/t15-/m0/s1. The minimum atomic E-state index is -4.17. The highest BCUT2D eigenvalue weighted by molar-refractivity contribution is 7.90. The van der Waals surface area contributed by atoms with Gasteiger partial charge in [0.1, 0.15) is 11.6 Å². The maximum absolute atomic E-state index is 13.2. The summed E-state index contributed by atoms with van der Waals surface area (Å²) in [6.07, 6.45) is 5.47. The molecule has 0 radical (unpaired) electrons. The van der Waals surface area contributed by atoms with E-state index in [2.05, 4.69) is 35.4 Å². The number of pyridine rings is 2. The van der Waals surface area contributed by atoms with Gasteiger partial charge in [0.25, 0.3) is 15.9 Å². The number of aryl methyl sites for hydroxylation is 1. The summed E-state index contributed by atoms with van der Waals surface area (Å²) in [5.41, 5.74) is 6.60. The monoisotopic (exact) mass is 457 g/mol. The molecule has 3 heterocycles. The molecule has 2 fully saturated rings. The number of hydrogen-bond donors (Lipinski definition) is 2. The van der Waals surface area contributed by atoms with Crippen LogP contribution in [-0.4, -0.2) is 36.4 Å². The van der Waals surface area contributed by atoms with Crippen molar-refractivity contribution >= 4 is 27.6 Å². The molecule has 2 aromatic heterocycles. The average Bonchev–Trinajstić information content (AvgIpc) is 3.49. The van der Waals surface area contributed by atoms with E-state index in [9.17, 15) is 13.2 Å². The van der Waals surface area contributed by atoms with Crippen LogP contribution in [0.15, 0.2) is 35.4 Å². The lowest BCUT2D eigenvalue weighted by Gasteiger charge is -2.34. The maximum atomic E-state index is 13.2. The maximum Gasteiger partial charge on any atom is 0.281 e. The van der Waals surface area contributed by atoms with Crippen LogP contribution in [0.1, 0.15) is 62.5 Å². The van der Waals surface area contributed by atoms with Crippen molar-refractivity contribution in [2.45, 2.75) is 63.4 Å². The highest BCUT2D eigenvalue weighted by Crippen LogP contribution is 2.38. The normalized spacial score (nSPS) is 20.3. The van der Waals surface area contributed by atoms with E-state index in [0.717, 1.165) is 37.4 Å². The van der Waals surface area contributed by atoms with Crippen LogP contribution in [0, 0.1) is 11.8 Å². The number of nitrogen functional groups attached to an aromatic ring is 1. The number of rotatable bonds is 7. The molecule has 0 bridgehead atoms. The fourth-order valence-electron chi connectivity index (χ4n) is 4.54. The average molecular weight is 458 g/mol. The van der Waals surface area contributed by atoms with Gasteiger partial charge in [-0.2, -0.15) is 8.42 Å². The Hall–Kier alpha value is -2.68. The molecule has 0 spiro atoms. The van der Waals surface area contributed by atoms with Crippen LogP contribution in [0.5, 0.6) is 0 Å². The molecule has 1 saturated carbocycles. The van der Waals surface area contributed by atoms with E-state index in [1.807, 2.05) is 6.07 Å². The molecule has 32 heavy (non-hydrogen) atoms. The second-order valence-electron chi connectivity index (χ2n) is 9.72. The number of aromatic nitrogens is 2. The smallest absolute Gasteiger partial charge is 0.281 e. The summed E-state index contributed by atoms with van der Waals surface area (Å²) < 4.78 is 27.6. The summed E-state index contributed by atoms with van der Waals surface area (Å²) in [5, 5.41) is -0.295. The van der Waals surface area contributed by atoms with Gasteiger partial charge in [0, 0.05) is 17.8 Å². The van der Waals surface area contributed by atoms with E-state index in [-0.39, 0.29) is 21.9 Å². The first-order valence-electron chi connectivity index (χ1n) is 11.1. The summed E-state index contributed by atoms with van der Waals surface area (Å²) in [5.74, 6) is 1.11. The van der Waals surface area contributed by atoms with Gasteiger partial charge >= 0.3 is 0 Å². The van der Waals surface area contributed by atoms with E-state index < -0.39 is 15.9 Å². The molecule has 4 rings (SSSR count). The van der Waals surface area contributed by atoms with Crippen LogP contribution < -0.4 is 15.4 Å². The zero-order valence-electron chi connectivity index (χ0n) is 18.8. The van der Waals surface area contributed by atoms with Crippen LogP contribution in [0.4, 0.5) is 11.6 Å². The van der Waals surface area contributed by atoms with Gasteiger partial charge in [-0.25, -0.2) is 14.7 Å². The van der Waals surface area contributed by atoms with Crippen LogP contribution >= 0.6 is 0 Å². The highest BCUT2D eigenvalue weighted by atomic mass is 32.2. The fourth-order valence-corrected chi connectivity index (χ4v) is 5.48. The van der Waals surface area contributed by atoms with Crippen molar-refractivity contribution in [1.82, 2.24) is 14.7 Å². The zero-order valence-corrected chi connectivity index (χ0v) is 19.7. The molecule has 9 heteroatoms. The first kappa shape index (κ1) is 22.5. The predicted molar refractivity (Wildman–Crippen MR) is 124 cm³/mol. The molecule has 1 amide bonds. The summed E-state index contributed by atoms with van der Waals surface area (Å²) in [4.78, 5) is 24.0. The molecule has 1 saturated heterocycles. The number of carbonyl (C=O) groups excluding carboxylic acids is 1. The first-order chi connectivity index (χ1) is 15.0. The molecule has 172 valence electrons. The van der Waals surface area contributed by atoms with Gasteiger partial charge < -0.3 is 10.6 Å². The minimum absolute atomic E-state index is 0.0653. The van der Waals surface area contributed by atoms with Crippen LogP contribution in [0.25, 0.3) is 0 Å². The third-order valence-electron chi connectivity index (χ3n) is 6.26. The van der Waals surface area contributed by atoms with E-state index in [0.29, 0.717) is 11.7 Å². The summed E-state index contributed by atoms with van der Waals surface area (Å²) in [6, 6.07) is 7.80. The van der Waals surface area contributed by atoms with Gasteiger partial charge in [0.2, 0.25) is 0 Å². The Bertz CT molecular complexity index is 1130. The lowest BCUT2D eigenvalue weighted by molar-refractivity contribution is 0.0981. The molecular weight excluding hydrogens is 426 g/mol. The number of nitrogens with two attached hydrogens (primary N) is 1. The SMILES string of the molecule is C[C@@H]1CN(c2nc(CCC3CC3)ccc2C(=O)NS(=O)(=O)c2cccc(N)n2)C(C)(C)C1. The number of carbonyl (C=O) groups is 1. The molecule has 1 atom stereocenters. The van der Waals surface area contributed by atoms with Crippen molar-refractivity contribution in [2.75, 3.05) is 17.2 Å². The van der Waals surface area contributed by atoms with Gasteiger partial charge in [0.05, 0.1) is 5.56 Å². The predicted octanol–water partition coefficient (Wildman–Crippen LogP) is 3.14. The quantitative estimate of drug-likeness (QED) is 0.656. The number of hydrogen-bond acceptors (Lipinski definition) is 7. The second-order valence-corrected chi connectivity index (χ2v) is 11.4. The topological polar surface area (TPSA) is 118 Å². The number of nitrogens with zero attached hydrogens (tertiary/aromatic N) is 3. The Labute approximate surface area is 189 Å². The molecule has 3 N–H and O–H groups in total. The van der Waals surface area contributed by atoms with Gasteiger partial charge in [-0.05, 0) is 69.2 Å². The minimum Gasteiger partial charge on any atom is -0.384 e. The van der Waals surface area contributed by atoms with Crippen molar-refractivity contribution in [2.24, 2.45) is 11.8 Å². The van der Waals surface area contributed by atoms with E-state index in [1.165, 1.54) is 31.0 Å². The fraction of sp³-hybridized carbons (Fsp3) is 0.522. The summed E-state index contributed by atoms with van der Waals surface area (Å²) >= 11 is 0. The first-order valence-corrected chi connectivity index (χ1v) is 12.6. The van der Waals surface area contributed by atoms with Crippen molar-refractivity contribution in [3.05, 3.63) is 41.6 Å². The van der Waals surface area contributed by atoms with Crippen LogP contribution in [0.3, 0.4) is 0 Å². The Balaban J connectivity index is 1.66. The number of sulfonamides is 1. The Kier molecular flexibility index (Phi) is 5.87. The number of nitrogens with one attached hydrogen (secondary N) is 1. The van der Waals surface area contributed by atoms with Gasteiger partial charge in [-0.15, -0.1) is 0 Å². The highest BCUT2D eigenvalue weighted by Gasteiger charge is 2.39. The van der Waals surface area contributed by atoms with Crippen LogP contribution in [0.2, 0.25) is 0 Å². The summed E-state index contributed by atoms with van der Waals surface area (Å²) in [6.45, 7) is 7.19. The molecule has 1 aliphatic carbocycles. The van der Waals surface area contributed by atoms with Gasteiger partial charge in [-0.3, -0.25) is 4.79 Å². The Morgan fingerprint density at radius 2 is 1.97 bits per heavy atom. The largest absolute Gasteiger partial charge is 0.384 e. The number of amides is 1. The molecule has 2 aliphatic rings. The zero-order chi connectivity index (χ0) is 23.1. The molecule has 0 unspecified atom stereocenters. The Morgan fingerprint density at radius 3 is 2.59 bits per heavy atom. The van der Waals surface area contributed by atoms with Crippen molar-refractivity contribution in [3.63, 3.8) is 0 Å². The summed E-state index contributed by atoms with van der Waals surface area (Å²) in [7, 11) is -4.17. The molecule has 8 nitrogen and oxygen atoms in total. The van der Waals surface area contributed by atoms with Crippen molar-refractivity contribution in [1.29, 1.82) is 0 Å². The van der Waals surface area contributed by atoms with E-state index in [1.54, 1.807) is 6.07 Å². The lowest BCUT2D eigenvalue weighted by Crippen LogP contribution is -2.41. The van der Waals surface area contributed by atoms with Gasteiger partial charge in [-0.1, -0.05) is 25.8 Å². The Morgan fingerprint density at radius 1 is 1.22 bits per heavy atom. The molecular formula is C23H31N5O3S. The third kappa shape index (κ3) is 4.87. The van der Waals surface area contributed by atoms with E-state index in [4.69, 9.17) is 10.7 Å². The van der Waals surface area contributed by atoms with Crippen molar-refractivity contribution < 1.29 is 13.2 Å². The molecule has 2 aromatic rings. The molecule has 1 aliphatic heterocycles. The molecule has 0 aromatic carbocycles. The third-order valence-corrected chi connectivity index (χ3v) is 7.49. The van der Waals surface area contributed by atoms with E-state index >= 15 is 0 Å². The second kappa shape index (κ2) is 8.35.